The van der Waals surface area contributed by atoms with Crippen LogP contribution < -0.4 is 0 Å². The van der Waals surface area contributed by atoms with Crippen molar-refractivity contribution in [2.75, 3.05) is 0 Å². The zero-order valence-corrected chi connectivity index (χ0v) is 7.94. The Bertz CT molecular complexity index is 319. The van der Waals surface area contributed by atoms with E-state index in [9.17, 15) is 13.2 Å². The summed E-state index contributed by atoms with van der Waals surface area (Å²) in [6.45, 7) is 2.90. The number of halogens is 3. The monoisotopic (exact) mass is 204 g/mol. The van der Waals surface area contributed by atoms with Gasteiger partial charge in [0.05, 0.1) is 12.2 Å². The van der Waals surface area contributed by atoms with Crippen LogP contribution in [0.5, 0.6) is 0 Å². The topological polar surface area (TPSA) is 20.2 Å². The van der Waals surface area contributed by atoms with Crippen molar-refractivity contribution < 1.29 is 18.3 Å². The average Bonchev–Trinajstić information content (AvgIpc) is 2.01. The van der Waals surface area contributed by atoms with E-state index in [0.717, 1.165) is 12.1 Å². The van der Waals surface area contributed by atoms with Crippen molar-refractivity contribution >= 4 is 0 Å². The van der Waals surface area contributed by atoms with Crippen molar-refractivity contribution in [1.29, 1.82) is 0 Å². The van der Waals surface area contributed by atoms with Gasteiger partial charge in [-0.1, -0.05) is 0 Å². The van der Waals surface area contributed by atoms with Crippen LogP contribution in [0.25, 0.3) is 0 Å². The van der Waals surface area contributed by atoms with Gasteiger partial charge in [0.15, 0.2) is 0 Å². The van der Waals surface area contributed by atoms with Crippen molar-refractivity contribution in [3.63, 3.8) is 0 Å². The Kier molecular flexibility index (Phi) is 2.85. The molecule has 1 N–H and O–H groups in total. The Hall–Kier alpha value is -1.03. The summed E-state index contributed by atoms with van der Waals surface area (Å²) < 4.78 is 37.0. The van der Waals surface area contributed by atoms with Crippen molar-refractivity contribution in [1.82, 2.24) is 0 Å². The first-order valence-corrected chi connectivity index (χ1v) is 4.14. The molecule has 0 aliphatic carbocycles. The van der Waals surface area contributed by atoms with E-state index in [-0.39, 0.29) is 6.61 Å². The van der Waals surface area contributed by atoms with Gasteiger partial charge in [0.2, 0.25) is 0 Å². The quantitative estimate of drug-likeness (QED) is 0.745. The zero-order chi connectivity index (χ0) is 10.9. The Morgan fingerprint density at radius 2 is 1.57 bits per heavy atom. The molecule has 0 aliphatic rings. The number of rotatable bonds is 1. The van der Waals surface area contributed by atoms with Crippen molar-refractivity contribution in [3.05, 3.63) is 34.4 Å². The second-order valence-corrected chi connectivity index (χ2v) is 3.24. The third-order valence-electron chi connectivity index (χ3n) is 2.18. The van der Waals surface area contributed by atoms with Gasteiger partial charge >= 0.3 is 6.18 Å². The van der Waals surface area contributed by atoms with Gasteiger partial charge in [-0.2, -0.15) is 13.2 Å². The van der Waals surface area contributed by atoms with Crippen molar-refractivity contribution in [2.24, 2.45) is 0 Å². The number of aliphatic hydroxyl groups excluding tert-OH is 1. The summed E-state index contributed by atoms with van der Waals surface area (Å²) >= 11 is 0. The number of benzene rings is 1. The highest BCUT2D eigenvalue weighted by atomic mass is 19.4. The fourth-order valence-corrected chi connectivity index (χ4v) is 1.41. The maximum Gasteiger partial charge on any atom is 0.416 e. The Morgan fingerprint density at radius 3 is 1.86 bits per heavy atom. The van der Waals surface area contributed by atoms with Gasteiger partial charge in [-0.3, -0.25) is 0 Å². The van der Waals surface area contributed by atoms with Crippen LogP contribution in [0.4, 0.5) is 13.2 Å². The Balaban J connectivity index is 3.28. The van der Waals surface area contributed by atoms with E-state index in [2.05, 4.69) is 0 Å². The molecule has 1 aromatic rings. The van der Waals surface area contributed by atoms with E-state index in [1.807, 2.05) is 0 Å². The fraction of sp³-hybridized carbons (Fsp3) is 0.400. The van der Waals surface area contributed by atoms with Crippen LogP contribution in [0.3, 0.4) is 0 Å². The molecular formula is C10H11F3O. The third-order valence-corrected chi connectivity index (χ3v) is 2.18. The molecule has 0 atom stereocenters. The van der Waals surface area contributed by atoms with Crippen LogP contribution in [-0.2, 0) is 12.8 Å². The lowest BCUT2D eigenvalue weighted by Gasteiger charge is -2.12. The minimum absolute atomic E-state index is 0.226. The SMILES string of the molecule is Cc1cc(C(F)(F)F)cc(C)c1CO. The van der Waals surface area contributed by atoms with E-state index in [0.29, 0.717) is 16.7 Å². The molecule has 0 heterocycles. The summed E-state index contributed by atoms with van der Waals surface area (Å²) in [5.74, 6) is 0. The van der Waals surface area contributed by atoms with Gasteiger partial charge in [-0.05, 0) is 42.7 Å². The second kappa shape index (κ2) is 3.61. The molecule has 0 saturated carbocycles. The molecule has 0 aliphatic heterocycles. The molecule has 14 heavy (non-hydrogen) atoms. The Labute approximate surface area is 80.2 Å². The molecule has 0 unspecified atom stereocenters. The van der Waals surface area contributed by atoms with E-state index in [1.165, 1.54) is 0 Å². The van der Waals surface area contributed by atoms with E-state index in [1.54, 1.807) is 13.8 Å². The molecule has 0 fully saturated rings. The highest BCUT2D eigenvalue weighted by molar-refractivity contribution is 5.38. The number of hydrogen-bond donors (Lipinski definition) is 1. The second-order valence-electron chi connectivity index (χ2n) is 3.24. The maximum absolute atomic E-state index is 12.3. The van der Waals surface area contributed by atoms with Crippen LogP contribution in [0, 0.1) is 13.8 Å². The van der Waals surface area contributed by atoms with E-state index < -0.39 is 11.7 Å². The van der Waals surface area contributed by atoms with Gasteiger partial charge in [-0.25, -0.2) is 0 Å². The lowest BCUT2D eigenvalue weighted by molar-refractivity contribution is -0.137. The first-order chi connectivity index (χ1) is 6.36. The lowest BCUT2D eigenvalue weighted by Crippen LogP contribution is -2.07. The fourth-order valence-electron chi connectivity index (χ4n) is 1.41. The summed E-state index contributed by atoms with van der Waals surface area (Å²) in [6, 6.07) is 2.11. The summed E-state index contributed by atoms with van der Waals surface area (Å²) in [7, 11) is 0. The van der Waals surface area contributed by atoms with Gasteiger partial charge in [-0.15, -0.1) is 0 Å². The average molecular weight is 204 g/mol. The lowest BCUT2D eigenvalue weighted by atomic mass is 10.00. The third kappa shape index (κ3) is 2.07. The van der Waals surface area contributed by atoms with Gasteiger partial charge in [0, 0.05) is 0 Å². The minimum Gasteiger partial charge on any atom is -0.392 e. The van der Waals surface area contributed by atoms with Crippen LogP contribution in [0.2, 0.25) is 0 Å². The molecule has 1 rings (SSSR count). The van der Waals surface area contributed by atoms with Crippen LogP contribution in [0.1, 0.15) is 22.3 Å². The highest BCUT2D eigenvalue weighted by Gasteiger charge is 2.31. The van der Waals surface area contributed by atoms with Crippen molar-refractivity contribution in [3.8, 4) is 0 Å². The minimum atomic E-state index is -4.32. The van der Waals surface area contributed by atoms with Crippen LogP contribution in [0.15, 0.2) is 12.1 Å². The first-order valence-electron chi connectivity index (χ1n) is 4.14. The molecule has 1 nitrogen and oxygen atoms in total. The molecule has 78 valence electrons. The molecule has 1 aromatic carbocycles. The predicted molar refractivity (Wildman–Crippen MR) is 46.8 cm³/mol. The van der Waals surface area contributed by atoms with Crippen LogP contribution >= 0.6 is 0 Å². The number of hydrogen-bond acceptors (Lipinski definition) is 1. The summed E-state index contributed by atoms with van der Waals surface area (Å²) in [6.07, 6.45) is -4.32. The maximum atomic E-state index is 12.3. The number of aryl methyl sites for hydroxylation is 2. The Morgan fingerprint density at radius 1 is 1.14 bits per heavy atom. The van der Waals surface area contributed by atoms with Crippen LogP contribution in [-0.4, -0.2) is 5.11 Å². The van der Waals surface area contributed by atoms with E-state index >= 15 is 0 Å². The molecule has 0 bridgehead atoms. The van der Waals surface area contributed by atoms with Crippen molar-refractivity contribution in [2.45, 2.75) is 26.6 Å². The summed E-state index contributed by atoms with van der Waals surface area (Å²) in [5, 5.41) is 8.91. The highest BCUT2D eigenvalue weighted by Crippen LogP contribution is 2.31. The normalized spacial score (nSPS) is 11.9. The molecule has 0 saturated heterocycles. The van der Waals surface area contributed by atoms with Gasteiger partial charge in [0.25, 0.3) is 0 Å². The standard InChI is InChI=1S/C10H11F3O/c1-6-3-8(10(11,12)13)4-7(2)9(6)5-14/h3-4,14H,5H2,1-2H3. The summed E-state index contributed by atoms with van der Waals surface area (Å²) in [4.78, 5) is 0. The molecule has 4 heteroatoms. The largest absolute Gasteiger partial charge is 0.416 e. The molecule has 0 aromatic heterocycles. The predicted octanol–water partition coefficient (Wildman–Crippen LogP) is 2.81. The number of aliphatic hydroxyl groups is 1. The molecule has 0 amide bonds. The molecular weight excluding hydrogens is 193 g/mol. The molecule has 0 spiro atoms. The van der Waals surface area contributed by atoms with Gasteiger partial charge in [0.1, 0.15) is 0 Å². The number of alkyl halides is 3. The molecule has 0 radical (unpaired) electrons. The smallest absolute Gasteiger partial charge is 0.392 e. The van der Waals surface area contributed by atoms with Gasteiger partial charge < -0.3 is 5.11 Å². The first kappa shape index (κ1) is 11.0. The van der Waals surface area contributed by atoms with E-state index in [4.69, 9.17) is 5.11 Å². The zero-order valence-electron chi connectivity index (χ0n) is 7.94. The summed E-state index contributed by atoms with van der Waals surface area (Å²) in [5.41, 5.74) is 0.849.